The van der Waals surface area contributed by atoms with E-state index in [1.165, 1.54) is 6.42 Å². The van der Waals surface area contributed by atoms with Gasteiger partial charge in [-0.2, -0.15) is 0 Å². The Hall–Kier alpha value is -0.570. The minimum Gasteiger partial charge on any atom is -0.466 e. The zero-order valence-corrected chi connectivity index (χ0v) is 9.67. The lowest BCUT2D eigenvalue weighted by Gasteiger charge is -2.21. The van der Waals surface area contributed by atoms with Crippen LogP contribution < -0.4 is 0 Å². The molecule has 1 aliphatic rings. The van der Waals surface area contributed by atoms with Crippen LogP contribution in [0.2, 0.25) is 0 Å². The summed E-state index contributed by atoms with van der Waals surface area (Å²) in [5, 5.41) is 0. The summed E-state index contributed by atoms with van der Waals surface area (Å²) >= 11 is 0. The maximum atomic E-state index is 11.3. The SMILES string of the molecule is CCCCOC(=O)CCC1CCCCO1. The number of hydrogen-bond acceptors (Lipinski definition) is 3. The summed E-state index contributed by atoms with van der Waals surface area (Å²) in [7, 11) is 0. The Morgan fingerprint density at radius 2 is 2.33 bits per heavy atom. The van der Waals surface area contributed by atoms with E-state index in [1.54, 1.807) is 0 Å². The minimum absolute atomic E-state index is 0.0716. The molecule has 3 heteroatoms. The third-order valence-corrected chi connectivity index (χ3v) is 2.71. The normalized spacial score (nSPS) is 21.3. The van der Waals surface area contributed by atoms with Crippen molar-refractivity contribution >= 4 is 5.97 Å². The van der Waals surface area contributed by atoms with Gasteiger partial charge in [0.1, 0.15) is 0 Å². The van der Waals surface area contributed by atoms with E-state index in [4.69, 9.17) is 9.47 Å². The maximum absolute atomic E-state index is 11.3. The Morgan fingerprint density at radius 3 is 3.00 bits per heavy atom. The lowest BCUT2D eigenvalue weighted by molar-refractivity contribution is -0.144. The molecule has 15 heavy (non-hydrogen) atoms. The number of unbranched alkanes of at least 4 members (excludes halogenated alkanes) is 1. The summed E-state index contributed by atoms with van der Waals surface area (Å²) in [4.78, 5) is 11.3. The van der Waals surface area contributed by atoms with Gasteiger partial charge < -0.3 is 9.47 Å². The predicted molar refractivity (Wildman–Crippen MR) is 58.7 cm³/mol. The molecular formula is C12H22O3. The summed E-state index contributed by atoms with van der Waals surface area (Å²) in [6.45, 7) is 3.51. The van der Waals surface area contributed by atoms with Gasteiger partial charge in [0.15, 0.2) is 0 Å². The number of ether oxygens (including phenoxy) is 2. The molecule has 0 aliphatic carbocycles. The Balaban J connectivity index is 2.00. The summed E-state index contributed by atoms with van der Waals surface area (Å²) in [6.07, 6.45) is 7.15. The average Bonchev–Trinajstić information content (AvgIpc) is 2.28. The second-order valence-electron chi connectivity index (χ2n) is 4.10. The average molecular weight is 214 g/mol. The monoisotopic (exact) mass is 214 g/mol. The Labute approximate surface area is 92.1 Å². The van der Waals surface area contributed by atoms with E-state index in [-0.39, 0.29) is 12.1 Å². The molecule has 0 radical (unpaired) electrons. The van der Waals surface area contributed by atoms with Crippen molar-refractivity contribution in [1.82, 2.24) is 0 Å². The fraction of sp³-hybridized carbons (Fsp3) is 0.917. The van der Waals surface area contributed by atoms with Crippen LogP contribution in [0.5, 0.6) is 0 Å². The lowest BCUT2D eigenvalue weighted by atomic mass is 10.1. The topological polar surface area (TPSA) is 35.5 Å². The molecule has 1 unspecified atom stereocenters. The molecule has 0 bridgehead atoms. The quantitative estimate of drug-likeness (QED) is 0.503. The van der Waals surface area contributed by atoms with Gasteiger partial charge in [-0.15, -0.1) is 0 Å². The van der Waals surface area contributed by atoms with E-state index in [0.717, 1.165) is 38.7 Å². The predicted octanol–water partition coefficient (Wildman–Crippen LogP) is 2.68. The highest BCUT2D eigenvalue weighted by molar-refractivity contribution is 5.69. The van der Waals surface area contributed by atoms with Crippen LogP contribution in [0.1, 0.15) is 51.9 Å². The van der Waals surface area contributed by atoms with Crippen LogP contribution in [0.15, 0.2) is 0 Å². The van der Waals surface area contributed by atoms with Crippen molar-refractivity contribution in [3.8, 4) is 0 Å². The van der Waals surface area contributed by atoms with Crippen LogP contribution in [0, 0.1) is 0 Å². The maximum Gasteiger partial charge on any atom is 0.305 e. The van der Waals surface area contributed by atoms with Crippen molar-refractivity contribution in [3.63, 3.8) is 0 Å². The van der Waals surface area contributed by atoms with Crippen LogP contribution in [0.25, 0.3) is 0 Å². The molecule has 3 nitrogen and oxygen atoms in total. The molecule has 0 aromatic heterocycles. The van der Waals surface area contributed by atoms with E-state index in [0.29, 0.717) is 13.0 Å². The fourth-order valence-corrected chi connectivity index (χ4v) is 1.72. The summed E-state index contributed by atoms with van der Waals surface area (Å²) < 4.78 is 10.6. The molecule has 88 valence electrons. The molecule has 1 rings (SSSR count). The van der Waals surface area contributed by atoms with E-state index in [2.05, 4.69) is 6.92 Å². The number of carbonyl (C=O) groups is 1. The molecule has 1 fully saturated rings. The lowest BCUT2D eigenvalue weighted by Crippen LogP contribution is -2.20. The molecule has 0 N–H and O–H groups in total. The first-order chi connectivity index (χ1) is 7.33. The first-order valence-electron chi connectivity index (χ1n) is 6.10. The van der Waals surface area contributed by atoms with Gasteiger partial charge in [-0.3, -0.25) is 4.79 Å². The van der Waals surface area contributed by atoms with Crippen LogP contribution in [0.3, 0.4) is 0 Å². The molecule has 1 aliphatic heterocycles. The molecule has 0 aromatic carbocycles. The molecule has 0 amide bonds. The molecule has 1 saturated heterocycles. The molecule has 1 atom stereocenters. The van der Waals surface area contributed by atoms with Crippen molar-refractivity contribution in [1.29, 1.82) is 0 Å². The van der Waals surface area contributed by atoms with Gasteiger partial charge >= 0.3 is 5.97 Å². The number of rotatable bonds is 6. The minimum atomic E-state index is -0.0716. The standard InChI is InChI=1S/C12H22O3/c1-2-3-9-15-12(13)8-7-11-6-4-5-10-14-11/h11H,2-10H2,1H3. The number of carbonyl (C=O) groups excluding carboxylic acids is 1. The van der Waals surface area contributed by atoms with Crippen molar-refractivity contribution in [2.24, 2.45) is 0 Å². The van der Waals surface area contributed by atoms with Crippen molar-refractivity contribution < 1.29 is 14.3 Å². The second-order valence-corrected chi connectivity index (χ2v) is 4.10. The van der Waals surface area contributed by atoms with Crippen LogP contribution in [-0.2, 0) is 14.3 Å². The Kier molecular flexibility index (Phi) is 6.41. The molecule has 0 saturated carbocycles. The van der Waals surface area contributed by atoms with Crippen LogP contribution in [-0.4, -0.2) is 25.3 Å². The second kappa shape index (κ2) is 7.69. The van der Waals surface area contributed by atoms with Crippen LogP contribution >= 0.6 is 0 Å². The number of esters is 1. The van der Waals surface area contributed by atoms with E-state index < -0.39 is 0 Å². The van der Waals surface area contributed by atoms with Gasteiger partial charge in [-0.25, -0.2) is 0 Å². The smallest absolute Gasteiger partial charge is 0.305 e. The van der Waals surface area contributed by atoms with Gasteiger partial charge in [0.2, 0.25) is 0 Å². The van der Waals surface area contributed by atoms with Crippen molar-refractivity contribution in [2.45, 2.75) is 58.0 Å². The zero-order valence-electron chi connectivity index (χ0n) is 9.67. The first kappa shape index (κ1) is 12.5. The highest BCUT2D eigenvalue weighted by atomic mass is 16.5. The highest BCUT2D eigenvalue weighted by Gasteiger charge is 2.15. The molecular weight excluding hydrogens is 192 g/mol. The van der Waals surface area contributed by atoms with Gasteiger partial charge in [0.25, 0.3) is 0 Å². The highest BCUT2D eigenvalue weighted by Crippen LogP contribution is 2.17. The summed E-state index contributed by atoms with van der Waals surface area (Å²) in [5.74, 6) is -0.0716. The largest absolute Gasteiger partial charge is 0.466 e. The third kappa shape index (κ3) is 5.78. The van der Waals surface area contributed by atoms with Gasteiger partial charge in [0, 0.05) is 13.0 Å². The van der Waals surface area contributed by atoms with Crippen molar-refractivity contribution in [3.05, 3.63) is 0 Å². The van der Waals surface area contributed by atoms with E-state index >= 15 is 0 Å². The fourth-order valence-electron chi connectivity index (χ4n) is 1.72. The third-order valence-electron chi connectivity index (χ3n) is 2.71. The van der Waals surface area contributed by atoms with Crippen molar-refractivity contribution in [2.75, 3.05) is 13.2 Å². The Morgan fingerprint density at radius 1 is 1.47 bits per heavy atom. The number of hydrogen-bond donors (Lipinski definition) is 0. The molecule has 1 heterocycles. The molecule has 0 aromatic rings. The summed E-state index contributed by atoms with van der Waals surface area (Å²) in [6, 6.07) is 0. The first-order valence-corrected chi connectivity index (χ1v) is 6.10. The van der Waals surface area contributed by atoms with E-state index in [9.17, 15) is 4.79 Å². The van der Waals surface area contributed by atoms with Crippen LogP contribution in [0.4, 0.5) is 0 Å². The van der Waals surface area contributed by atoms with E-state index in [1.807, 2.05) is 0 Å². The summed E-state index contributed by atoms with van der Waals surface area (Å²) in [5.41, 5.74) is 0. The van der Waals surface area contributed by atoms with Gasteiger partial charge in [-0.1, -0.05) is 13.3 Å². The van der Waals surface area contributed by atoms with Gasteiger partial charge in [0.05, 0.1) is 12.7 Å². The Bertz CT molecular complexity index is 174. The van der Waals surface area contributed by atoms with Gasteiger partial charge in [-0.05, 0) is 32.1 Å². The molecule has 0 spiro atoms. The zero-order chi connectivity index (χ0) is 10.9.